The van der Waals surface area contributed by atoms with E-state index in [1.807, 2.05) is 0 Å². The van der Waals surface area contributed by atoms with Crippen molar-refractivity contribution < 1.29 is 28.5 Å². The number of carbonyl (C=O) groups excluding carboxylic acids is 2. The standard InChI is InChI=1S/C19H21N3O6/c1-25-13-5-7-16(27-3)12(9-13)11-20-22-19(24)18(23)21-15-10-14(26-2)6-8-17(15)28-4/h5-11H,1-4H3,(H,21,23)(H,22,24)/b20-11-. The molecular weight excluding hydrogens is 366 g/mol. The number of amides is 2. The molecule has 148 valence electrons. The van der Waals surface area contributed by atoms with Crippen LogP contribution in [0.4, 0.5) is 5.69 Å². The summed E-state index contributed by atoms with van der Waals surface area (Å²) in [5.41, 5.74) is 3.01. The van der Waals surface area contributed by atoms with Crippen LogP contribution in [0.1, 0.15) is 5.56 Å². The molecule has 0 spiro atoms. The zero-order chi connectivity index (χ0) is 20.5. The Morgan fingerprint density at radius 1 is 0.821 bits per heavy atom. The molecule has 0 radical (unpaired) electrons. The van der Waals surface area contributed by atoms with Crippen molar-refractivity contribution in [3.8, 4) is 23.0 Å². The highest BCUT2D eigenvalue weighted by Gasteiger charge is 2.16. The van der Waals surface area contributed by atoms with E-state index < -0.39 is 11.8 Å². The molecule has 2 N–H and O–H groups in total. The fourth-order valence-corrected chi connectivity index (χ4v) is 2.24. The van der Waals surface area contributed by atoms with Crippen molar-refractivity contribution in [1.29, 1.82) is 0 Å². The van der Waals surface area contributed by atoms with Crippen LogP contribution in [0, 0.1) is 0 Å². The van der Waals surface area contributed by atoms with Gasteiger partial charge in [-0.1, -0.05) is 0 Å². The van der Waals surface area contributed by atoms with Crippen molar-refractivity contribution in [2.75, 3.05) is 33.8 Å². The number of anilines is 1. The van der Waals surface area contributed by atoms with Gasteiger partial charge in [0.2, 0.25) is 0 Å². The topological polar surface area (TPSA) is 107 Å². The van der Waals surface area contributed by atoms with Crippen molar-refractivity contribution in [2.24, 2.45) is 5.10 Å². The molecule has 2 amide bonds. The molecule has 0 atom stereocenters. The van der Waals surface area contributed by atoms with E-state index in [-0.39, 0.29) is 0 Å². The van der Waals surface area contributed by atoms with Gasteiger partial charge in [0.1, 0.15) is 23.0 Å². The third kappa shape index (κ3) is 5.13. The van der Waals surface area contributed by atoms with Gasteiger partial charge < -0.3 is 24.3 Å². The summed E-state index contributed by atoms with van der Waals surface area (Å²) in [6.45, 7) is 0. The van der Waals surface area contributed by atoms with E-state index in [1.165, 1.54) is 40.7 Å². The quantitative estimate of drug-likeness (QED) is 0.426. The average molecular weight is 387 g/mol. The van der Waals surface area contributed by atoms with Crippen LogP contribution in [0.5, 0.6) is 23.0 Å². The Morgan fingerprint density at radius 2 is 1.43 bits per heavy atom. The normalized spacial score (nSPS) is 10.3. The molecule has 0 saturated carbocycles. The van der Waals surface area contributed by atoms with E-state index in [0.717, 1.165) is 0 Å². The number of hydrazone groups is 1. The van der Waals surface area contributed by atoms with Gasteiger partial charge in [-0.3, -0.25) is 9.59 Å². The van der Waals surface area contributed by atoms with Gasteiger partial charge in [-0.2, -0.15) is 5.10 Å². The first-order valence-electron chi connectivity index (χ1n) is 8.10. The molecule has 0 aromatic heterocycles. The SMILES string of the molecule is COc1ccc(OC)c(/C=N\NC(=O)C(=O)Nc2cc(OC)ccc2OC)c1. The fourth-order valence-electron chi connectivity index (χ4n) is 2.24. The minimum Gasteiger partial charge on any atom is -0.497 e. The highest BCUT2D eigenvalue weighted by Crippen LogP contribution is 2.28. The molecule has 2 aromatic rings. The summed E-state index contributed by atoms with van der Waals surface area (Å²) >= 11 is 0. The van der Waals surface area contributed by atoms with Crippen LogP contribution < -0.4 is 29.7 Å². The molecule has 0 heterocycles. The van der Waals surface area contributed by atoms with E-state index in [2.05, 4.69) is 15.8 Å². The molecule has 28 heavy (non-hydrogen) atoms. The zero-order valence-corrected chi connectivity index (χ0v) is 15.9. The van der Waals surface area contributed by atoms with Gasteiger partial charge in [0.25, 0.3) is 0 Å². The fraction of sp³-hybridized carbons (Fsp3) is 0.211. The maximum absolute atomic E-state index is 12.1. The van der Waals surface area contributed by atoms with E-state index in [1.54, 1.807) is 30.3 Å². The first-order valence-corrected chi connectivity index (χ1v) is 8.10. The van der Waals surface area contributed by atoms with Crippen molar-refractivity contribution in [1.82, 2.24) is 5.43 Å². The summed E-state index contributed by atoms with van der Waals surface area (Å²) in [4.78, 5) is 24.1. The third-order valence-electron chi connectivity index (χ3n) is 3.67. The largest absolute Gasteiger partial charge is 0.497 e. The van der Waals surface area contributed by atoms with Gasteiger partial charge in [0.15, 0.2) is 0 Å². The minimum absolute atomic E-state index is 0.292. The highest BCUT2D eigenvalue weighted by atomic mass is 16.5. The second-order valence-electron chi connectivity index (χ2n) is 5.33. The summed E-state index contributed by atoms with van der Waals surface area (Å²) in [6, 6.07) is 9.91. The van der Waals surface area contributed by atoms with Crippen LogP contribution in [-0.4, -0.2) is 46.5 Å². The molecule has 2 rings (SSSR count). The number of hydrogen-bond donors (Lipinski definition) is 2. The van der Waals surface area contributed by atoms with Crippen LogP contribution in [-0.2, 0) is 9.59 Å². The van der Waals surface area contributed by atoms with Gasteiger partial charge in [-0.05, 0) is 30.3 Å². The molecule has 0 fully saturated rings. The van der Waals surface area contributed by atoms with Crippen molar-refractivity contribution >= 4 is 23.7 Å². The number of ether oxygens (including phenoxy) is 4. The number of methoxy groups -OCH3 is 4. The van der Waals surface area contributed by atoms with Crippen molar-refractivity contribution in [2.45, 2.75) is 0 Å². The van der Waals surface area contributed by atoms with Crippen molar-refractivity contribution in [3.05, 3.63) is 42.0 Å². The number of rotatable bonds is 7. The zero-order valence-electron chi connectivity index (χ0n) is 15.9. The molecule has 0 aliphatic carbocycles. The van der Waals surface area contributed by atoms with E-state index in [0.29, 0.717) is 34.2 Å². The number of carbonyl (C=O) groups is 2. The first kappa shape index (κ1) is 20.6. The Morgan fingerprint density at radius 3 is 2.04 bits per heavy atom. The molecule has 0 aliphatic rings. The van der Waals surface area contributed by atoms with Crippen molar-refractivity contribution in [3.63, 3.8) is 0 Å². The van der Waals surface area contributed by atoms with E-state index in [9.17, 15) is 9.59 Å². The summed E-state index contributed by atoms with van der Waals surface area (Å²) in [5.74, 6) is 0.135. The smallest absolute Gasteiger partial charge is 0.329 e. The number of nitrogens with zero attached hydrogens (tertiary/aromatic N) is 1. The van der Waals surface area contributed by atoms with Gasteiger partial charge in [-0.25, -0.2) is 5.43 Å². The lowest BCUT2D eigenvalue weighted by molar-refractivity contribution is -0.136. The van der Waals surface area contributed by atoms with Crippen LogP contribution >= 0.6 is 0 Å². The van der Waals surface area contributed by atoms with Crippen LogP contribution in [0.25, 0.3) is 0 Å². The molecule has 0 unspecified atom stereocenters. The van der Waals surface area contributed by atoms with E-state index >= 15 is 0 Å². The summed E-state index contributed by atoms with van der Waals surface area (Å²) in [7, 11) is 5.97. The van der Waals surface area contributed by atoms with E-state index in [4.69, 9.17) is 18.9 Å². The average Bonchev–Trinajstić information content (AvgIpc) is 2.73. The molecule has 2 aromatic carbocycles. The van der Waals surface area contributed by atoms with Crippen LogP contribution in [0.15, 0.2) is 41.5 Å². The van der Waals surface area contributed by atoms with Crippen LogP contribution in [0.3, 0.4) is 0 Å². The van der Waals surface area contributed by atoms with Gasteiger partial charge in [0, 0.05) is 11.6 Å². The summed E-state index contributed by atoms with van der Waals surface area (Å²) in [5, 5.41) is 6.24. The molecule has 9 nitrogen and oxygen atoms in total. The summed E-state index contributed by atoms with van der Waals surface area (Å²) < 4.78 is 20.6. The minimum atomic E-state index is -0.956. The van der Waals surface area contributed by atoms with Gasteiger partial charge in [0.05, 0.1) is 40.3 Å². The monoisotopic (exact) mass is 387 g/mol. The summed E-state index contributed by atoms with van der Waals surface area (Å²) in [6.07, 6.45) is 1.35. The Balaban J connectivity index is 2.06. The Bertz CT molecular complexity index is 882. The Kier molecular flexibility index (Phi) is 7.21. The lowest BCUT2D eigenvalue weighted by Gasteiger charge is -2.11. The second kappa shape index (κ2) is 9.81. The lowest BCUT2D eigenvalue weighted by Crippen LogP contribution is -2.32. The second-order valence-corrected chi connectivity index (χ2v) is 5.33. The van der Waals surface area contributed by atoms with Crippen LogP contribution in [0.2, 0.25) is 0 Å². The highest BCUT2D eigenvalue weighted by molar-refractivity contribution is 6.39. The number of benzene rings is 2. The lowest BCUT2D eigenvalue weighted by atomic mass is 10.2. The molecule has 9 heteroatoms. The number of nitrogens with one attached hydrogen (secondary N) is 2. The molecule has 0 saturated heterocycles. The molecule has 0 bridgehead atoms. The number of hydrogen-bond acceptors (Lipinski definition) is 7. The van der Waals surface area contributed by atoms with Gasteiger partial charge >= 0.3 is 11.8 Å². The Hall–Kier alpha value is -3.75. The Labute approximate surface area is 162 Å². The molecular formula is C19H21N3O6. The third-order valence-corrected chi connectivity index (χ3v) is 3.67. The maximum atomic E-state index is 12.1. The van der Waals surface area contributed by atoms with Gasteiger partial charge in [-0.15, -0.1) is 0 Å². The molecule has 0 aliphatic heterocycles. The first-order chi connectivity index (χ1) is 13.5. The maximum Gasteiger partial charge on any atom is 0.329 e. The predicted molar refractivity (Wildman–Crippen MR) is 103 cm³/mol. The predicted octanol–water partition coefficient (Wildman–Crippen LogP) is 1.81.